The number of carbonyl (C=O) groups is 2. The van der Waals surface area contributed by atoms with Gasteiger partial charge in [0.05, 0.1) is 11.5 Å². The third-order valence-corrected chi connectivity index (χ3v) is 5.49. The average molecular weight is 406 g/mol. The maximum atomic E-state index is 12.2. The van der Waals surface area contributed by atoms with E-state index in [-0.39, 0.29) is 10.5 Å². The van der Waals surface area contributed by atoms with Crippen LogP contribution in [0.15, 0.2) is 53.4 Å². The lowest BCUT2D eigenvalue weighted by molar-refractivity contribution is -0.119. The van der Waals surface area contributed by atoms with Crippen molar-refractivity contribution >= 4 is 27.6 Å². The Labute approximate surface area is 164 Å². The molecule has 2 aromatic rings. The van der Waals surface area contributed by atoms with Crippen LogP contribution in [-0.2, 0) is 19.6 Å². The third kappa shape index (κ3) is 5.30. The van der Waals surface area contributed by atoms with Crippen LogP contribution in [0.1, 0.15) is 17.3 Å². The summed E-state index contributed by atoms with van der Waals surface area (Å²) in [5, 5.41) is 2.54. The van der Waals surface area contributed by atoms with E-state index in [4.69, 9.17) is 9.47 Å². The molecule has 0 saturated heterocycles. The summed E-state index contributed by atoms with van der Waals surface area (Å²) in [6, 6.07) is 12.3. The van der Waals surface area contributed by atoms with Gasteiger partial charge in [0.1, 0.15) is 11.3 Å². The highest BCUT2D eigenvalue weighted by atomic mass is 32.2. The summed E-state index contributed by atoms with van der Waals surface area (Å²) in [6.45, 7) is 1.70. The molecule has 2 aromatic carbocycles. The Balaban J connectivity index is 1.95. The lowest BCUT2D eigenvalue weighted by Crippen LogP contribution is -2.22. The van der Waals surface area contributed by atoms with Gasteiger partial charge in [-0.15, -0.1) is 0 Å². The lowest BCUT2D eigenvalue weighted by atomic mass is 10.2. The molecule has 0 heterocycles. The Bertz CT molecular complexity index is 939. The van der Waals surface area contributed by atoms with Gasteiger partial charge in [-0.2, -0.15) is 0 Å². The van der Waals surface area contributed by atoms with Crippen LogP contribution >= 0.6 is 0 Å². The highest BCUT2D eigenvalue weighted by Gasteiger charge is 2.17. The van der Waals surface area contributed by atoms with Gasteiger partial charge in [0, 0.05) is 19.8 Å². The molecule has 1 amide bonds. The van der Waals surface area contributed by atoms with Gasteiger partial charge in [-0.3, -0.25) is 4.79 Å². The number of amides is 1. The van der Waals surface area contributed by atoms with Crippen molar-refractivity contribution in [3.63, 3.8) is 0 Å². The molecule has 28 heavy (non-hydrogen) atoms. The summed E-state index contributed by atoms with van der Waals surface area (Å²) < 4.78 is 35.5. The molecule has 0 aliphatic heterocycles. The molecule has 0 unspecified atom stereocenters. The molecule has 0 bridgehead atoms. The zero-order valence-electron chi connectivity index (χ0n) is 15.8. The highest BCUT2D eigenvalue weighted by molar-refractivity contribution is 7.89. The molecule has 0 radical (unpaired) electrons. The number of anilines is 1. The number of sulfonamides is 1. The molecule has 0 saturated carbocycles. The molecule has 0 aromatic heterocycles. The monoisotopic (exact) mass is 406 g/mol. The van der Waals surface area contributed by atoms with Crippen molar-refractivity contribution in [3.8, 4) is 5.75 Å². The van der Waals surface area contributed by atoms with Gasteiger partial charge in [0.25, 0.3) is 5.91 Å². The van der Waals surface area contributed by atoms with E-state index >= 15 is 0 Å². The van der Waals surface area contributed by atoms with E-state index in [1.165, 1.54) is 38.4 Å². The van der Waals surface area contributed by atoms with Gasteiger partial charge in [0.2, 0.25) is 10.0 Å². The first kappa shape index (κ1) is 21.4. The van der Waals surface area contributed by atoms with Gasteiger partial charge >= 0.3 is 5.97 Å². The average Bonchev–Trinajstić information content (AvgIpc) is 2.67. The molecule has 0 aliphatic rings. The molecular weight excluding hydrogens is 384 g/mol. The fourth-order valence-electron chi connectivity index (χ4n) is 2.24. The number of esters is 1. The van der Waals surface area contributed by atoms with Gasteiger partial charge in [-0.25, -0.2) is 17.5 Å². The quantitative estimate of drug-likeness (QED) is 0.674. The second-order valence-corrected chi connectivity index (χ2v) is 8.02. The maximum Gasteiger partial charge on any atom is 0.342 e. The summed E-state index contributed by atoms with van der Waals surface area (Å²) in [5.41, 5.74) is 0.615. The zero-order valence-corrected chi connectivity index (χ0v) is 16.7. The Morgan fingerprint density at radius 1 is 1.04 bits per heavy atom. The van der Waals surface area contributed by atoms with Gasteiger partial charge in [-0.05, 0) is 43.3 Å². The smallest absolute Gasteiger partial charge is 0.342 e. The number of nitrogens with one attached hydrogen (secondary N) is 1. The van der Waals surface area contributed by atoms with E-state index in [0.717, 1.165) is 4.31 Å². The Morgan fingerprint density at radius 2 is 1.68 bits per heavy atom. The van der Waals surface area contributed by atoms with Crippen LogP contribution in [0.2, 0.25) is 0 Å². The summed E-state index contributed by atoms with van der Waals surface area (Å²) in [4.78, 5) is 24.3. The maximum absolute atomic E-state index is 12.2. The first-order valence-corrected chi connectivity index (χ1v) is 9.91. The largest absolute Gasteiger partial charge is 0.493 e. The molecule has 1 N–H and O–H groups in total. The normalized spacial score (nSPS) is 11.1. The summed E-state index contributed by atoms with van der Waals surface area (Å²) in [6.07, 6.45) is 0. The second kappa shape index (κ2) is 9.34. The lowest BCUT2D eigenvalue weighted by Gasteiger charge is -2.12. The van der Waals surface area contributed by atoms with Crippen LogP contribution in [0.5, 0.6) is 5.75 Å². The van der Waals surface area contributed by atoms with Crippen LogP contribution in [0, 0.1) is 0 Å². The van der Waals surface area contributed by atoms with Crippen LogP contribution < -0.4 is 10.1 Å². The van der Waals surface area contributed by atoms with E-state index in [9.17, 15) is 18.0 Å². The molecule has 9 heteroatoms. The second-order valence-electron chi connectivity index (χ2n) is 5.87. The van der Waals surface area contributed by atoms with Crippen molar-refractivity contribution in [1.29, 1.82) is 0 Å². The number of nitrogens with zero attached hydrogens (tertiary/aromatic N) is 1. The van der Waals surface area contributed by atoms with Gasteiger partial charge in [0.15, 0.2) is 6.61 Å². The Hall–Kier alpha value is -2.91. The summed E-state index contributed by atoms with van der Waals surface area (Å²) >= 11 is 0. The minimum absolute atomic E-state index is 0.106. The fourth-order valence-corrected chi connectivity index (χ4v) is 3.15. The van der Waals surface area contributed by atoms with E-state index in [1.54, 1.807) is 31.2 Å². The minimum atomic E-state index is -3.54. The fraction of sp³-hybridized carbons (Fsp3) is 0.263. The van der Waals surface area contributed by atoms with Gasteiger partial charge < -0.3 is 14.8 Å². The molecule has 2 rings (SSSR count). The van der Waals surface area contributed by atoms with E-state index in [0.29, 0.717) is 18.0 Å². The molecule has 0 atom stereocenters. The number of carbonyl (C=O) groups excluding carboxylic acids is 2. The highest BCUT2D eigenvalue weighted by Crippen LogP contribution is 2.19. The van der Waals surface area contributed by atoms with Crippen LogP contribution in [0.3, 0.4) is 0 Å². The summed E-state index contributed by atoms with van der Waals surface area (Å²) in [7, 11) is -0.677. The third-order valence-electron chi connectivity index (χ3n) is 3.66. The molecule has 0 aliphatic carbocycles. The van der Waals surface area contributed by atoms with Crippen molar-refractivity contribution in [1.82, 2.24) is 4.31 Å². The number of ether oxygens (including phenoxy) is 2. The van der Waals surface area contributed by atoms with E-state index < -0.39 is 28.5 Å². The molecule has 8 nitrogen and oxygen atoms in total. The molecule has 150 valence electrons. The summed E-state index contributed by atoms with van der Waals surface area (Å²) in [5.74, 6) is -0.842. The number of benzene rings is 2. The van der Waals surface area contributed by atoms with Crippen molar-refractivity contribution in [2.75, 3.05) is 32.6 Å². The number of hydrogen-bond donors (Lipinski definition) is 1. The van der Waals surface area contributed by atoms with E-state index in [2.05, 4.69) is 5.32 Å². The van der Waals surface area contributed by atoms with E-state index in [1.807, 2.05) is 0 Å². The van der Waals surface area contributed by atoms with Crippen molar-refractivity contribution in [3.05, 3.63) is 54.1 Å². The standard InChI is InChI=1S/C19H22N2O6S/c1-4-26-17-8-6-5-7-16(17)19(23)27-13-18(22)20-14-9-11-15(12-10-14)28(24,25)21(2)3/h5-12H,4,13H2,1-3H3,(H,20,22). The number of para-hydroxylation sites is 1. The predicted octanol–water partition coefficient (Wildman–Crippen LogP) is 2.13. The molecular formula is C19H22N2O6S. The van der Waals surface area contributed by atoms with Crippen molar-refractivity contribution in [2.45, 2.75) is 11.8 Å². The zero-order chi connectivity index (χ0) is 20.7. The van der Waals surface area contributed by atoms with Gasteiger partial charge in [-0.1, -0.05) is 12.1 Å². The number of rotatable bonds is 8. The molecule has 0 spiro atoms. The topological polar surface area (TPSA) is 102 Å². The van der Waals surface area contributed by atoms with Crippen molar-refractivity contribution in [2.24, 2.45) is 0 Å². The first-order valence-electron chi connectivity index (χ1n) is 8.47. The van der Waals surface area contributed by atoms with Crippen LogP contribution in [-0.4, -0.2) is 51.9 Å². The minimum Gasteiger partial charge on any atom is -0.493 e. The SMILES string of the molecule is CCOc1ccccc1C(=O)OCC(=O)Nc1ccc(S(=O)(=O)N(C)C)cc1. The number of hydrogen-bond acceptors (Lipinski definition) is 6. The van der Waals surface area contributed by atoms with Crippen molar-refractivity contribution < 1.29 is 27.5 Å². The van der Waals surface area contributed by atoms with Crippen LogP contribution in [0.4, 0.5) is 5.69 Å². The Morgan fingerprint density at radius 3 is 2.29 bits per heavy atom. The predicted molar refractivity (Wildman–Crippen MR) is 104 cm³/mol. The first-order chi connectivity index (χ1) is 13.3. The Kier molecular flexibility index (Phi) is 7.13. The molecule has 0 fully saturated rings. The van der Waals surface area contributed by atoms with Crippen LogP contribution in [0.25, 0.3) is 0 Å².